The number of pyridine rings is 1. The van der Waals surface area contributed by atoms with Gasteiger partial charge in [0, 0.05) is 37.5 Å². The van der Waals surface area contributed by atoms with Crippen molar-refractivity contribution in [1.29, 1.82) is 0 Å². The Bertz CT molecular complexity index is 418. The second-order valence-corrected chi connectivity index (χ2v) is 3.91. The minimum absolute atomic E-state index is 0.0764. The first-order valence-corrected chi connectivity index (χ1v) is 5.40. The molecule has 0 saturated heterocycles. The Morgan fingerprint density at radius 1 is 1.47 bits per heavy atom. The van der Waals surface area contributed by atoms with Gasteiger partial charge < -0.3 is 10.0 Å². The quantitative estimate of drug-likeness (QED) is 0.837. The van der Waals surface area contributed by atoms with E-state index >= 15 is 0 Å². The highest BCUT2D eigenvalue weighted by molar-refractivity contribution is 5.94. The van der Waals surface area contributed by atoms with E-state index in [0.717, 1.165) is 5.69 Å². The summed E-state index contributed by atoms with van der Waals surface area (Å²) in [5.74, 6) is -0.952. The number of hydrogen-bond acceptors (Lipinski definition) is 3. The van der Waals surface area contributed by atoms with E-state index < -0.39 is 5.97 Å². The molecule has 1 N–H and O–H groups in total. The average Bonchev–Trinajstić information content (AvgIpc) is 2.27. The van der Waals surface area contributed by atoms with Crippen molar-refractivity contribution in [3.05, 3.63) is 29.6 Å². The number of aryl methyl sites for hydroxylation is 1. The molecule has 0 saturated carbocycles. The number of aromatic nitrogens is 1. The predicted molar refractivity (Wildman–Crippen MR) is 62.8 cm³/mol. The molecule has 0 aliphatic rings. The van der Waals surface area contributed by atoms with Crippen LogP contribution in [0.15, 0.2) is 18.3 Å². The van der Waals surface area contributed by atoms with E-state index in [1.165, 1.54) is 4.90 Å². The zero-order valence-electron chi connectivity index (χ0n) is 10.0. The fourth-order valence-electron chi connectivity index (χ4n) is 1.47. The molecule has 0 bridgehead atoms. The summed E-state index contributed by atoms with van der Waals surface area (Å²) in [4.78, 5) is 27.8. The number of carbonyl (C=O) groups is 2. The summed E-state index contributed by atoms with van der Waals surface area (Å²) in [5.41, 5.74) is 1.37. The zero-order chi connectivity index (χ0) is 12.8. The Kier molecular flexibility index (Phi) is 4.63. The summed E-state index contributed by atoms with van der Waals surface area (Å²) >= 11 is 0. The van der Waals surface area contributed by atoms with E-state index in [1.807, 2.05) is 6.92 Å². The highest BCUT2D eigenvalue weighted by Gasteiger charge is 2.11. The molecule has 0 fully saturated rings. The molecule has 1 aromatic heterocycles. The lowest BCUT2D eigenvalue weighted by Gasteiger charge is -2.16. The van der Waals surface area contributed by atoms with Gasteiger partial charge in [-0.25, -0.2) is 0 Å². The summed E-state index contributed by atoms with van der Waals surface area (Å²) in [6, 6.07) is 3.37. The SMILES string of the molecule is Cc1cc(C(=O)N(C)CCCC(=O)O)ccn1. The van der Waals surface area contributed by atoms with Gasteiger partial charge in [-0.15, -0.1) is 0 Å². The first kappa shape index (κ1) is 13.2. The van der Waals surface area contributed by atoms with Crippen molar-refractivity contribution in [2.45, 2.75) is 19.8 Å². The summed E-state index contributed by atoms with van der Waals surface area (Å²) in [6.45, 7) is 2.26. The Morgan fingerprint density at radius 3 is 2.76 bits per heavy atom. The van der Waals surface area contributed by atoms with Crippen LogP contribution in [0.5, 0.6) is 0 Å². The van der Waals surface area contributed by atoms with E-state index in [0.29, 0.717) is 18.5 Å². The molecule has 0 aromatic carbocycles. The van der Waals surface area contributed by atoms with Crippen LogP contribution in [0.4, 0.5) is 0 Å². The summed E-state index contributed by atoms with van der Waals surface area (Å²) in [5, 5.41) is 8.51. The Morgan fingerprint density at radius 2 is 2.18 bits per heavy atom. The second kappa shape index (κ2) is 5.98. The number of carbonyl (C=O) groups excluding carboxylic acids is 1. The van der Waals surface area contributed by atoms with Crippen LogP contribution >= 0.6 is 0 Å². The molecule has 1 rings (SSSR count). The lowest BCUT2D eigenvalue weighted by Crippen LogP contribution is -2.28. The maximum atomic E-state index is 11.9. The molecule has 0 spiro atoms. The fraction of sp³-hybridized carbons (Fsp3) is 0.417. The molecule has 1 amide bonds. The number of nitrogens with zero attached hydrogens (tertiary/aromatic N) is 2. The lowest BCUT2D eigenvalue weighted by molar-refractivity contribution is -0.137. The van der Waals surface area contributed by atoms with E-state index in [1.54, 1.807) is 25.4 Å². The molecule has 92 valence electrons. The Labute approximate surface area is 100 Å². The van der Waals surface area contributed by atoms with Crippen LogP contribution in [0.1, 0.15) is 28.9 Å². The van der Waals surface area contributed by atoms with Crippen LogP contribution in [-0.4, -0.2) is 40.5 Å². The monoisotopic (exact) mass is 236 g/mol. The molecule has 0 unspecified atom stereocenters. The van der Waals surface area contributed by atoms with E-state index in [9.17, 15) is 9.59 Å². The molecule has 0 radical (unpaired) electrons. The first-order valence-electron chi connectivity index (χ1n) is 5.40. The first-order chi connectivity index (χ1) is 8.00. The Balaban J connectivity index is 2.54. The number of carboxylic acid groups (broad SMARTS) is 1. The van der Waals surface area contributed by atoms with Crippen molar-refractivity contribution in [2.75, 3.05) is 13.6 Å². The molecule has 17 heavy (non-hydrogen) atoms. The molecule has 5 nitrogen and oxygen atoms in total. The van der Waals surface area contributed by atoms with Crippen LogP contribution in [0.3, 0.4) is 0 Å². The fourth-order valence-corrected chi connectivity index (χ4v) is 1.47. The van der Waals surface area contributed by atoms with E-state index in [-0.39, 0.29) is 12.3 Å². The highest BCUT2D eigenvalue weighted by Crippen LogP contribution is 2.05. The smallest absolute Gasteiger partial charge is 0.303 e. The van der Waals surface area contributed by atoms with Crippen molar-refractivity contribution < 1.29 is 14.7 Å². The van der Waals surface area contributed by atoms with Crippen LogP contribution < -0.4 is 0 Å². The number of hydrogen-bond donors (Lipinski definition) is 1. The number of carboxylic acids is 1. The third-order valence-electron chi connectivity index (χ3n) is 2.37. The van der Waals surface area contributed by atoms with Crippen molar-refractivity contribution in [2.24, 2.45) is 0 Å². The number of rotatable bonds is 5. The molecular weight excluding hydrogens is 220 g/mol. The average molecular weight is 236 g/mol. The van der Waals surface area contributed by atoms with Gasteiger partial charge in [-0.1, -0.05) is 0 Å². The molecule has 0 atom stereocenters. The van der Waals surface area contributed by atoms with Gasteiger partial charge in [-0.2, -0.15) is 0 Å². The zero-order valence-corrected chi connectivity index (χ0v) is 10.0. The van der Waals surface area contributed by atoms with Crippen LogP contribution in [0.2, 0.25) is 0 Å². The van der Waals surface area contributed by atoms with Crippen molar-refractivity contribution in [3.63, 3.8) is 0 Å². The highest BCUT2D eigenvalue weighted by atomic mass is 16.4. The Hall–Kier alpha value is -1.91. The topological polar surface area (TPSA) is 70.5 Å². The van der Waals surface area contributed by atoms with Gasteiger partial charge in [0.25, 0.3) is 5.91 Å². The van der Waals surface area contributed by atoms with Gasteiger partial charge in [-0.3, -0.25) is 14.6 Å². The van der Waals surface area contributed by atoms with Crippen LogP contribution in [-0.2, 0) is 4.79 Å². The minimum Gasteiger partial charge on any atom is -0.481 e. The van der Waals surface area contributed by atoms with Gasteiger partial charge >= 0.3 is 5.97 Å². The number of amides is 1. The largest absolute Gasteiger partial charge is 0.481 e. The van der Waals surface area contributed by atoms with E-state index in [2.05, 4.69) is 4.98 Å². The van der Waals surface area contributed by atoms with Gasteiger partial charge in [0.15, 0.2) is 0 Å². The summed E-state index contributed by atoms with van der Waals surface area (Å²) in [7, 11) is 1.67. The normalized spacial score (nSPS) is 10.0. The standard InChI is InChI=1S/C12H16N2O3/c1-9-8-10(5-6-13-9)12(17)14(2)7-3-4-11(15)16/h5-6,8H,3-4,7H2,1-2H3,(H,15,16). The van der Waals surface area contributed by atoms with Gasteiger partial charge in [0.1, 0.15) is 0 Å². The summed E-state index contributed by atoms with van der Waals surface area (Å²) in [6.07, 6.45) is 2.13. The minimum atomic E-state index is -0.842. The predicted octanol–water partition coefficient (Wildman–Crippen LogP) is 1.33. The lowest BCUT2D eigenvalue weighted by atomic mass is 10.2. The second-order valence-electron chi connectivity index (χ2n) is 3.91. The van der Waals surface area contributed by atoms with Crippen molar-refractivity contribution in [1.82, 2.24) is 9.88 Å². The molecule has 5 heteroatoms. The van der Waals surface area contributed by atoms with Crippen LogP contribution in [0.25, 0.3) is 0 Å². The van der Waals surface area contributed by atoms with Crippen molar-refractivity contribution >= 4 is 11.9 Å². The molecular formula is C12H16N2O3. The molecule has 0 aliphatic carbocycles. The third-order valence-corrected chi connectivity index (χ3v) is 2.37. The van der Waals surface area contributed by atoms with Crippen molar-refractivity contribution in [3.8, 4) is 0 Å². The maximum absolute atomic E-state index is 11.9. The van der Waals surface area contributed by atoms with Gasteiger partial charge in [-0.05, 0) is 25.5 Å². The van der Waals surface area contributed by atoms with E-state index in [4.69, 9.17) is 5.11 Å². The molecule has 0 aliphatic heterocycles. The molecule has 1 aromatic rings. The third kappa shape index (κ3) is 4.22. The summed E-state index contributed by atoms with van der Waals surface area (Å²) < 4.78 is 0. The molecule has 1 heterocycles. The van der Waals surface area contributed by atoms with Gasteiger partial charge in [0.2, 0.25) is 0 Å². The maximum Gasteiger partial charge on any atom is 0.303 e. The van der Waals surface area contributed by atoms with Crippen LogP contribution in [0, 0.1) is 6.92 Å². The van der Waals surface area contributed by atoms with Gasteiger partial charge in [0.05, 0.1) is 0 Å². The number of aliphatic carboxylic acids is 1.